The van der Waals surface area contributed by atoms with Crippen LogP contribution in [-0.2, 0) is 0 Å². The maximum atomic E-state index is 9.00. The van der Waals surface area contributed by atoms with Crippen molar-refractivity contribution in [1.29, 1.82) is 0 Å². The van der Waals surface area contributed by atoms with Gasteiger partial charge in [0.15, 0.2) is 0 Å². The van der Waals surface area contributed by atoms with E-state index in [0.29, 0.717) is 0 Å². The highest BCUT2D eigenvalue weighted by molar-refractivity contribution is 4.88. The van der Waals surface area contributed by atoms with E-state index in [1.807, 2.05) is 0 Å². The lowest BCUT2D eigenvalue weighted by atomic mass is 9.94. The lowest BCUT2D eigenvalue weighted by Gasteiger charge is -2.13. The van der Waals surface area contributed by atoms with E-state index in [-0.39, 0.29) is 13.2 Å². The molecule has 0 fully saturated rings. The lowest BCUT2D eigenvalue weighted by Crippen LogP contribution is -2.03. The van der Waals surface area contributed by atoms with Crippen LogP contribution >= 0.6 is 0 Å². The molecule has 0 unspecified atom stereocenters. The van der Waals surface area contributed by atoms with Gasteiger partial charge < -0.3 is 10.2 Å². The number of unbranched alkanes of at least 4 members (excludes halogenated alkanes) is 15. The van der Waals surface area contributed by atoms with Crippen molar-refractivity contribution >= 4 is 0 Å². The van der Waals surface area contributed by atoms with Gasteiger partial charge in [-0.15, -0.1) is 0 Å². The Morgan fingerprint density at radius 2 is 0.760 bits per heavy atom. The topological polar surface area (TPSA) is 40.5 Å². The second-order valence-electron chi connectivity index (χ2n) is 7.75. The first kappa shape index (κ1) is 24.9. The first-order chi connectivity index (χ1) is 12.3. The smallest absolute Gasteiger partial charge is 0.0436 e. The number of aliphatic hydroxyl groups is 2. The molecule has 0 heterocycles. The molecule has 2 N–H and O–H groups in total. The fourth-order valence-electron chi connectivity index (χ4n) is 3.61. The quantitative estimate of drug-likeness (QED) is 0.218. The van der Waals surface area contributed by atoms with Crippen LogP contribution in [0.15, 0.2) is 0 Å². The van der Waals surface area contributed by atoms with Crippen molar-refractivity contribution in [2.24, 2.45) is 0 Å². The summed E-state index contributed by atoms with van der Waals surface area (Å²) in [4.78, 5) is 0. The Bertz CT molecular complexity index is 224. The van der Waals surface area contributed by atoms with E-state index in [1.54, 1.807) is 0 Å². The molecular formula is C23H47O2. The summed E-state index contributed by atoms with van der Waals surface area (Å²) in [6.07, 6.45) is 25.1. The summed E-state index contributed by atoms with van der Waals surface area (Å²) in [5, 5.41) is 18.0. The summed E-state index contributed by atoms with van der Waals surface area (Å²) in [6.45, 7) is 2.75. The molecule has 25 heavy (non-hydrogen) atoms. The fraction of sp³-hybridized carbons (Fsp3) is 0.957. The lowest BCUT2D eigenvalue weighted by molar-refractivity contribution is 0.262. The standard InChI is InChI=1S/C23H47O2/c1-2-3-4-5-6-7-8-9-10-11-12-13-14-15-16-17-18-23(19-21-24)20-22-25/h24-25H,2-22H2,1H3. The molecule has 0 aliphatic carbocycles. The van der Waals surface area contributed by atoms with Crippen LogP contribution in [0.3, 0.4) is 0 Å². The normalized spacial score (nSPS) is 11.5. The molecule has 0 spiro atoms. The average Bonchev–Trinajstić information content (AvgIpc) is 2.61. The van der Waals surface area contributed by atoms with Crippen LogP contribution in [0.1, 0.15) is 129 Å². The minimum Gasteiger partial charge on any atom is -0.396 e. The third-order valence-electron chi connectivity index (χ3n) is 5.31. The molecule has 0 saturated heterocycles. The average molecular weight is 356 g/mol. The molecule has 0 rings (SSSR count). The van der Waals surface area contributed by atoms with Gasteiger partial charge >= 0.3 is 0 Å². The van der Waals surface area contributed by atoms with E-state index >= 15 is 0 Å². The Labute approximate surface area is 158 Å². The molecule has 1 radical (unpaired) electrons. The van der Waals surface area contributed by atoms with E-state index in [0.717, 1.165) is 19.3 Å². The Kier molecular flexibility index (Phi) is 21.9. The summed E-state index contributed by atoms with van der Waals surface area (Å²) in [7, 11) is 0. The largest absolute Gasteiger partial charge is 0.396 e. The summed E-state index contributed by atoms with van der Waals surface area (Å²) >= 11 is 0. The molecular weight excluding hydrogens is 308 g/mol. The molecule has 0 aromatic rings. The van der Waals surface area contributed by atoms with Gasteiger partial charge in [-0.3, -0.25) is 0 Å². The van der Waals surface area contributed by atoms with Crippen molar-refractivity contribution < 1.29 is 10.2 Å². The van der Waals surface area contributed by atoms with Gasteiger partial charge in [-0.05, 0) is 25.2 Å². The molecule has 0 amide bonds. The van der Waals surface area contributed by atoms with E-state index in [9.17, 15) is 0 Å². The van der Waals surface area contributed by atoms with Crippen molar-refractivity contribution in [3.8, 4) is 0 Å². The van der Waals surface area contributed by atoms with Gasteiger partial charge in [-0.2, -0.15) is 0 Å². The van der Waals surface area contributed by atoms with Crippen LogP contribution in [0, 0.1) is 5.92 Å². The van der Waals surface area contributed by atoms with Crippen LogP contribution < -0.4 is 0 Å². The van der Waals surface area contributed by atoms with Crippen LogP contribution in [0.4, 0.5) is 0 Å². The van der Waals surface area contributed by atoms with Crippen LogP contribution in [0.2, 0.25) is 0 Å². The molecule has 0 aliphatic rings. The van der Waals surface area contributed by atoms with Gasteiger partial charge in [0.25, 0.3) is 0 Å². The van der Waals surface area contributed by atoms with E-state index < -0.39 is 0 Å². The van der Waals surface area contributed by atoms with Crippen molar-refractivity contribution in [3.63, 3.8) is 0 Å². The highest BCUT2D eigenvalue weighted by Gasteiger charge is 2.07. The predicted molar refractivity (Wildman–Crippen MR) is 111 cm³/mol. The zero-order valence-corrected chi connectivity index (χ0v) is 17.2. The fourth-order valence-corrected chi connectivity index (χ4v) is 3.61. The molecule has 0 aliphatic heterocycles. The van der Waals surface area contributed by atoms with Gasteiger partial charge in [0.05, 0.1) is 0 Å². The van der Waals surface area contributed by atoms with E-state index in [1.165, 1.54) is 109 Å². The summed E-state index contributed by atoms with van der Waals surface area (Å²) in [5.74, 6) is 1.34. The Hall–Kier alpha value is -0.0800. The maximum absolute atomic E-state index is 9.00. The van der Waals surface area contributed by atoms with Gasteiger partial charge in [-0.1, -0.05) is 110 Å². The van der Waals surface area contributed by atoms with E-state index in [2.05, 4.69) is 6.92 Å². The third-order valence-corrected chi connectivity index (χ3v) is 5.31. The molecule has 0 saturated carbocycles. The summed E-state index contributed by atoms with van der Waals surface area (Å²) in [5.41, 5.74) is 0. The summed E-state index contributed by atoms with van der Waals surface area (Å²) in [6, 6.07) is 0. The third kappa shape index (κ3) is 20.1. The van der Waals surface area contributed by atoms with Crippen LogP contribution in [0.25, 0.3) is 0 Å². The van der Waals surface area contributed by atoms with Crippen LogP contribution in [0.5, 0.6) is 0 Å². The minimum absolute atomic E-state index is 0.230. The number of hydrogen-bond acceptors (Lipinski definition) is 2. The molecule has 0 atom stereocenters. The second kappa shape index (κ2) is 22.0. The molecule has 2 heteroatoms. The molecule has 0 aromatic carbocycles. The molecule has 151 valence electrons. The predicted octanol–water partition coefficient (Wildman–Crippen LogP) is 6.98. The van der Waals surface area contributed by atoms with Gasteiger partial charge in [0, 0.05) is 13.2 Å². The monoisotopic (exact) mass is 355 g/mol. The Morgan fingerprint density at radius 3 is 1.08 bits per heavy atom. The highest BCUT2D eigenvalue weighted by Crippen LogP contribution is 2.20. The van der Waals surface area contributed by atoms with Crippen LogP contribution in [-0.4, -0.2) is 23.4 Å². The first-order valence-electron chi connectivity index (χ1n) is 11.4. The molecule has 0 bridgehead atoms. The first-order valence-corrected chi connectivity index (χ1v) is 11.4. The Morgan fingerprint density at radius 1 is 0.440 bits per heavy atom. The van der Waals surface area contributed by atoms with Gasteiger partial charge in [0.1, 0.15) is 0 Å². The highest BCUT2D eigenvalue weighted by atomic mass is 16.3. The SMILES string of the molecule is CCCCCCCCCCCCCCCCCC[C](CCO)CCO. The molecule has 2 nitrogen and oxygen atoms in total. The zero-order valence-electron chi connectivity index (χ0n) is 17.2. The molecule has 0 aromatic heterocycles. The van der Waals surface area contributed by atoms with Crippen molar-refractivity contribution in [3.05, 3.63) is 5.92 Å². The summed E-state index contributed by atoms with van der Waals surface area (Å²) < 4.78 is 0. The number of aliphatic hydroxyl groups excluding tert-OH is 2. The van der Waals surface area contributed by atoms with Crippen molar-refractivity contribution in [2.75, 3.05) is 13.2 Å². The Balaban J connectivity index is 3.13. The number of rotatable bonds is 21. The van der Waals surface area contributed by atoms with Crippen molar-refractivity contribution in [2.45, 2.75) is 129 Å². The zero-order chi connectivity index (χ0) is 18.4. The second-order valence-corrected chi connectivity index (χ2v) is 7.75. The van der Waals surface area contributed by atoms with Gasteiger partial charge in [-0.25, -0.2) is 0 Å². The minimum atomic E-state index is 0.230. The van der Waals surface area contributed by atoms with Gasteiger partial charge in [0.2, 0.25) is 0 Å². The number of hydrogen-bond donors (Lipinski definition) is 2. The van der Waals surface area contributed by atoms with Crippen molar-refractivity contribution in [1.82, 2.24) is 0 Å². The van der Waals surface area contributed by atoms with E-state index in [4.69, 9.17) is 10.2 Å². The maximum Gasteiger partial charge on any atom is 0.0436 e.